The highest BCUT2D eigenvalue weighted by molar-refractivity contribution is 6.31. The molecule has 0 unspecified atom stereocenters. The SMILES string of the molecule is C=CCN1C(=O)NC(=O)/C(=C/c2ccccc2OCc2ccccc2F)C1=O. The predicted molar refractivity (Wildman–Crippen MR) is 101 cm³/mol. The third-order valence-corrected chi connectivity index (χ3v) is 4.06. The second kappa shape index (κ2) is 8.30. The number of barbiturate groups is 1. The summed E-state index contributed by atoms with van der Waals surface area (Å²) in [7, 11) is 0. The summed E-state index contributed by atoms with van der Waals surface area (Å²) in [6, 6.07) is 12.2. The first kappa shape index (κ1) is 19.0. The third-order valence-electron chi connectivity index (χ3n) is 4.06. The minimum atomic E-state index is -0.795. The van der Waals surface area contributed by atoms with E-state index in [0.29, 0.717) is 16.9 Å². The molecule has 142 valence electrons. The summed E-state index contributed by atoms with van der Waals surface area (Å²) in [5, 5.41) is 2.12. The van der Waals surface area contributed by atoms with Crippen molar-refractivity contribution in [3.05, 3.63) is 83.7 Å². The van der Waals surface area contributed by atoms with Crippen molar-refractivity contribution in [2.75, 3.05) is 6.54 Å². The Labute approximate surface area is 160 Å². The molecule has 0 aliphatic carbocycles. The fourth-order valence-electron chi connectivity index (χ4n) is 2.65. The molecule has 0 atom stereocenters. The average molecular weight is 380 g/mol. The fourth-order valence-corrected chi connectivity index (χ4v) is 2.65. The van der Waals surface area contributed by atoms with Gasteiger partial charge in [-0.3, -0.25) is 19.8 Å². The predicted octanol–water partition coefficient (Wildman–Crippen LogP) is 3.05. The van der Waals surface area contributed by atoms with Gasteiger partial charge in [0.1, 0.15) is 23.7 Å². The van der Waals surface area contributed by atoms with E-state index in [4.69, 9.17) is 4.74 Å². The largest absolute Gasteiger partial charge is 0.488 e. The lowest BCUT2D eigenvalue weighted by molar-refractivity contribution is -0.129. The van der Waals surface area contributed by atoms with Crippen molar-refractivity contribution in [3.63, 3.8) is 0 Å². The maximum absolute atomic E-state index is 13.8. The molecule has 0 spiro atoms. The van der Waals surface area contributed by atoms with E-state index in [0.717, 1.165) is 4.90 Å². The van der Waals surface area contributed by atoms with Crippen molar-refractivity contribution in [2.24, 2.45) is 0 Å². The molecule has 1 heterocycles. The summed E-state index contributed by atoms with van der Waals surface area (Å²) < 4.78 is 19.5. The summed E-state index contributed by atoms with van der Waals surface area (Å²) in [6.45, 7) is 3.45. The molecule has 2 aromatic rings. The van der Waals surface area contributed by atoms with Gasteiger partial charge in [-0.05, 0) is 18.2 Å². The van der Waals surface area contributed by atoms with Crippen molar-refractivity contribution in [1.29, 1.82) is 0 Å². The summed E-state index contributed by atoms with van der Waals surface area (Å²) in [6.07, 6.45) is 2.73. The van der Waals surface area contributed by atoms with E-state index in [9.17, 15) is 18.8 Å². The molecule has 1 aliphatic rings. The fraction of sp³-hybridized carbons (Fsp3) is 0.0952. The highest BCUT2D eigenvalue weighted by Crippen LogP contribution is 2.24. The number of carbonyl (C=O) groups is 3. The molecule has 1 aliphatic heterocycles. The first-order chi connectivity index (χ1) is 13.5. The van der Waals surface area contributed by atoms with E-state index in [2.05, 4.69) is 11.9 Å². The van der Waals surface area contributed by atoms with E-state index >= 15 is 0 Å². The van der Waals surface area contributed by atoms with Crippen LogP contribution in [0.15, 0.2) is 66.8 Å². The van der Waals surface area contributed by atoms with Crippen LogP contribution in [-0.2, 0) is 16.2 Å². The van der Waals surface area contributed by atoms with Crippen molar-refractivity contribution in [3.8, 4) is 5.75 Å². The first-order valence-electron chi connectivity index (χ1n) is 8.46. The van der Waals surface area contributed by atoms with Crippen molar-refractivity contribution < 1.29 is 23.5 Å². The van der Waals surface area contributed by atoms with Crippen LogP contribution < -0.4 is 10.1 Å². The van der Waals surface area contributed by atoms with E-state index in [1.54, 1.807) is 42.5 Å². The average Bonchev–Trinajstić information content (AvgIpc) is 2.68. The Morgan fingerprint density at radius 2 is 1.79 bits per heavy atom. The van der Waals surface area contributed by atoms with Gasteiger partial charge in [-0.1, -0.05) is 42.5 Å². The number of urea groups is 1. The molecule has 7 heteroatoms. The van der Waals surface area contributed by atoms with Crippen molar-refractivity contribution >= 4 is 23.9 Å². The lowest BCUT2D eigenvalue weighted by atomic mass is 10.1. The zero-order chi connectivity index (χ0) is 20.1. The summed E-state index contributed by atoms with van der Waals surface area (Å²) in [4.78, 5) is 37.3. The first-order valence-corrected chi connectivity index (χ1v) is 8.46. The molecule has 2 aromatic carbocycles. The van der Waals surface area contributed by atoms with Gasteiger partial charge in [-0.2, -0.15) is 0 Å². The Bertz CT molecular complexity index is 984. The second-order valence-corrected chi connectivity index (χ2v) is 5.94. The van der Waals surface area contributed by atoms with Gasteiger partial charge in [-0.15, -0.1) is 6.58 Å². The second-order valence-electron chi connectivity index (χ2n) is 5.94. The van der Waals surface area contributed by atoms with Crippen LogP contribution in [-0.4, -0.2) is 29.3 Å². The summed E-state index contributed by atoms with van der Waals surface area (Å²) >= 11 is 0. The Morgan fingerprint density at radius 3 is 2.54 bits per heavy atom. The van der Waals surface area contributed by atoms with Crippen LogP contribution in [0, 0.1) is 5.82 Å². The van der Waals surface area contributed by atoms with Crippen LogP contribution in [0.1, 0.15) is 11.1 Å². The number of halogens is 1. The number of hydrogen-bond acceptors (Lipinski definition) is 4. The molecule has 1 fully saturated rings. The van der Waals surface area contributed by atoms with Crippen LogP contribution in [0.4, 0.5) is 9.18 Å². The van der Waals surface area contributed by atoms with Crippen LogP contribution in [0.2, 0.25) is 0 Å². The normalized spacial score (nSPS) is 15.5. The van der Waals surface area contributed by atoms with Crippen LogP contribution in [0.25, 0.3) is 6.08 Å². The minimum absolute atomic E-state index is 0.0198. The van der Waals surface area contributed by atoms with Gasteiger partial charge in [0.25, 0.3) is 11.8 Å². The van der Waals surface area contributed by atoms with E-state index < -0.39 is 23.7 Å². The number of rotatable bonds is 6. The van der Waals surface area contributed by atoms with Gasteiger partial charge in [0, 0.05) is 17.7 Å². The van der Waals surface area contributed by atoms with Gasteiger partial charge < -0.3 is 4.74 Å². The maximum Gasteiger partial charge on any atom is 0.331 e. The number of carbonyl (C=O) groups excluding carboxylic acids is 3. The number of hydrogen-bond donors (Lipinski definition) is 1. The molecule has 4 amide bonds. The number of ether oxygens (including phenoxy) is 1. The van der Waals surface area contributed by atoms with Crippen LogP contribution in [0.3, 0.4) is 0 Å². The summed E-state index contributed by atoms with van der Waals surface area (Å²) in [5.41, 5.74) is 0.618. The molecule has 1 saturated heterocycles. The number of amides is 4. The number of benzene rings is 2. The van der Waals surface area contributed by atoms with Crippen molar-refractivity contribution in [1.82, 2.24) is 10.2 Å². The Kier molecular flexibility index (Phi) is 5.64. The molecule has 0 saturated carbocycles. The molecule has 0 aromatic heterocycles. The molecule has 3 rings (SSSR count). The number of imide groups is 2. The van der Waals surface area contributed by atoms with E-state index in [1.807, 2.05) is 0 Å². The minimum Gasteiger partial charge on any atom is -0.488 e. The number of nitrogens with one attached hydrogen (secondary N) is 1. The third kappa shape index (κ3) is 3.98. The highest BCUT2D eigenvalue weighted by atomic mass is 19.1. The molecule has 0 radical (unpaired) electrons. The summed E-state index contributed by atoms with van der Waals surface area (Å²) in [5.74, 6) is -1.54. The van der Waals surface area contributed by atoms with Gasteiger partial charge in [-0.25, -0.2) is 9.18 Å². The zero-order valence-corrected chi connectivity index (χ0v) is 14.9. The smallest absolute Gasteiger partial charge is 0.331 e. The molecule has 0 bridgehead atoms. The van der Waals surface area contributed by atoms with Gasteiger partial charge in [0.15, 0.2) is 0 Å². The molecule has 1 N–H and O–H groups in total. The molecule has 6 nitrogen and oxygen atoms in total. The van der Waals surface area contributed by atoms with Crippen molar-refractivity contribution in [2.45, 2.75) is 6.61 Å². The number of nitrogens with zero attached hydrogens (tertiary/aromatic N) is 1. The van der Waals surface area contributed by atoms with Gasteiger partial charge >= 0.3 is 6.03 Å². The maximum atomic E-state index is 13.8. The van der Waals surface area contributed by atoms with Gasteiger partial charge in [0.2, 0.25) is 0 Å². The molecular weight excluding hydrogens is 363 g/mol. The van der Waals surface area contributed by atoms with Gasteiger partial charge in [0.05, 0.1) is 0 Å². The lowest BCUT2D eigenvalue weighted by Gasteiger charge is -2.25. The monoisotopic (exact) mass is 380 g/mol. The molecule has 28 heavy (non-hydrogen) atoms. The van der Waals surface area contributed by atoms with E-state index in [-0.39, 0.29) is 18.7 Å². The van der Waals surface area contributed by atoms with Crippen LogP contribution >= 0.6 is 0 Å². The zero-order valence-electron chi connectivity index (χ0n) is 14.9. The number of para-hydroxylation sites is 1. The topological polar surface area (TPSA) is 75.7 Å². The Balaban J connectivity index is 1.88. The highest BCUT2D eigenvalue weighted by Gasteiger charge is 2.35. The molecular formula is C21H17FN2O4. The Hall–Kier alpha value is -3.74. The van der Waals surface area contributed by atoms with E-state index in [1.165, 1.54) is 18.2 Å². The standard InChI is InChI=1S/C21H17FN2O4/c1-2-11-24-20(26)16(19(25)23-21(24)27)12-14-7-4-6-10-18(14)28-13-15-8-3-5-9-17(15)22/h2-10,12H,1,11,13H2,(H,23,25,27)/b16-12-. The Morgan fingerprint density at radius 1 is 1.07 bits per heavy atom. The van der Waals surface area contributed by atoms with Crippen LogP contribution in [0.5, 0.6) is 5.75 Å². The lowest BCUT2D eigenvalue weighted by Crippen LogP contribution is -2.54. The quantitative estimate of drug-likeness (QED) is 0.475.